The van der Waals surface area contributed by atoms with Gasteiger partial charge in [0.25, 0.3) is 0 Å². The Morgan fingerprint density at radius 2 is 1.63 bits per heavy atom. The van der Waals surface area contributed by atoms with E-state index in [-0.39, 0.29) is 6.42 Å². The number of rotatable bonds is 12. The first kappa shape index (κ1) is 17.9. The van der Waals surface area contributed by atoms with Gasteiger partial charge in [0.2, 0.25) is 0 Å². The highest BCUT2D eigenvalue weighted by atomic mass is 16.4. The second kappa shape index (κ2) is 10.8. The zero-order valence-electron chi connectivity index (χ0n) is 12.1. The molecule has 0 aromatic heterocycles. The molecule has 1 unspecified atom stereocenters. The Balaban J connectivity index is 4.51. The Hall–Kier alpha value is -1.10. The number of carboxylic acid groups (broad SMARTS) is 2. The highest BCUT2D eigenvalue weighted by Gasteiger charge is 2.24. The second-order valence-electron chi connectivity index (χ2n) is 4.88. The summed E-state index contributed by atoms with van der Waals surface area (Å²) in [5.41, 5.74) is 0. The number of carboxylic acids is 2. The van der Waals surface area contributed by atoms with Crippen molar-refractivity contribution in [2.45, 2.75) is 64.8 Å². The third-order valence-electron chi connectivity index (χ3n) is 3.22. The summed E-state index contributed by atoms with van der Waals surface area (Å²) < 4.78 is 0. The fourth-order valence-corrected chi connectivity index (χ4v) is 2.09. The molecule has 0 aliphatic rings. The third kappa shape index (κ3) is 8.59. The van der Waals surface area contributed by atoms with Gasteiger partial charge in [-0.25, -0.2) is 0 Å². The first-order valence-corrected chi connectivity index (χ1v) is 7.21. The predicted molar refractivity (Wildman–Crippen MR) is 74.3 cm³/mol. The van der Waals surface area contributed by atoms with Crippen LogP contribution in [0.25, 0.3) is 0 Å². The molecule has 0 amide bonds. The molecule has 0 aliphatic heterocycles. The van der Waals surface area contributed by atoms with Gasteiger partial charge >= 0.3 is 11.9 Å². The number of nitrogens with zero attached hydrogens (tertiary/aromatic N) is 1. The van der Waals surface area contributed by atoms with E-state index >= 15 is 0 Å². The molecule has 0 aliphatic carbocycles. The molecule has 0 saturated carbocycles. The molecule has 0 bridgehead atoms. The summed E-state index contributed by atoms with van der Waals surface area (Å²) >= 11 is 0. The van der Waals surface area contributed by atoms with E-state index in [2.05, 4.69) is 6.92 Å². The number of unbranched alkanes of at least 4 members (excludes halogenated alkanes) is 3. The lowest BCUT2D eigenvalue weighted by Crippen LogP contribution is -2.43. The topological polar surface area (TPSA) is 77.8 Å². The molecule has 0 aromatic carbocycles. The van der Waals surface area contributed by atoms with Crippen LogP contribution in [0.15, 0.2) is 0 Å². The number of hydrogen-bond donors (Lipinski definition) is 2. The van der Waals surface area contributed by atoms with Gasteiger partial charge in [-0.15, -0.1) is 0 Å². The van der Waals surface area contributed by atoms with Crippen LogP contribution < -0.4 is 0 Å². The van der Waals surface area contributed by atoms with Crippen LogP contribution >= 0.6 is 0 Å². The minimum atomic E-state index is -0.875. The lowest BCUT2D eigenvalue weighted by Gasteiger charge is -2.28. The Kier molecular flexibility index (Phi) is 10.2. The van der Waals surface area contributed by atoms with E-state index in [1.165, 1.54) is 0 Å². The lowest BCUT2D eigenvalue weighted by atomic mass is 10.1. The Bertz CT molecular complexity index is 268. The van der Waals surface area contributed by atoms with Gasteiger partial charge < -0.3 is 10.2 Å². The van der Waals surface area contributed by atoms with E-state index in [0.717, 1.165) is 32.1 Å². The van der Waals surface area contributed by atoms with Gasteiger partial charge in [-0.05, 0) is 19.4 Å². The molecule has 112 valence electrons. The van der Waals surface area contributed by atoms with Gasteiger partial charge in [-0.2, -0.15) is 0 Å². The zero-order chi connectivity index (χ0) is 14.7. The van der Waals surface area contributed by atoms with Gasteiger partial charge in [0.15, 0.2) is 0 Å². The average molecular weight is 273 g/mol. The molecule has 19 heavy (non-hydrogen) atoms. The Morgan fingerprint density at radius 1 is 1.00 bits per heavy atom. The first-order valence-electron chi connectivity index (χ1n) is 7.21. The van der Waals surface area contributed by atoms with Crippen LogP contribution in [-0.2, 0) is 9.59 Å². The summed E-state index contributed by atoms with van der Waals surface area (Å²) in [4.78, 5) is 23.8. The minimum absolute atomic E-state index is 0.00201. The Morgan fingerprint density at radius 3 is 2.11 bits per heavy atom. The maximum absolute atomic E-state index is 11.3. The summed E-state index contributed by atoms with van der Waals surface area (Å²) in [5, 5.41) is 18.1. The molecule has 0 aromatic rings. The quantitative estimate of drug-likeness (QED) is 0.534. The maximum atomic E-state index is 11.3. The van der Waals surface area contributed by atoms with Gasteiger partial charge in [-0.1, -0.05) is 39.5 Å². The standard InChI is InChI=1S/C14H27NO4/c1-3-5-7-10-15(11-9-13(16)17)12(14(18)19)8-6-4-2/h12H,3-11H2,1-2H3,(H,16,17)(H,18,19). The molecule has 5 nitrogen and oxygen atoms in total. The number of carbonyl (C=O) groups is 2. The van der Waals surface area contributed by atoms with Gasteiger partial charge in [0, 0.05) is 6.54 Å². The van der Waals surface area contributed by atoms with Crippen molar-refractivity contribution in [1.29, 1.82) is 0 Å². The highest BCUT2D eigenvalue weighted by Crippen LogP contribution is 2.12. The molecule has 0 rings (SSSR count). The van der Waals surface area contributed by atoms with Crippen LogP contribution in [-0.4, -0.2) is 46.2 Å². The number of hydrogen-bond acceptors (Lipinski definition) is 3. The van der Waals surface area contributed by atoms with Crippen LogP contribution in [0.2, 0.25) is 0 Å². The third-order valence-corrected chi connectivity index (χ3v) is 3.22. The van der Waals surface area contributed by atoms with Crippen LogP contribution in [0.3, 0.4) is 0 Å². The van der Waals surface area contributed by atoms with Crippen molar-refractivity contribution in [1.82, 2.24) is 4.90 Å². The van der Waals surface area contributed by atoms with Crippen LogP contribution in [0.4, 0.5) is 0 Å². The number of aliphatic carboxylic acids is 2. The summed E-state index contributed by atoms with van der Waals surface area (Å²) in [6, 6.07) is -0.545. The molecule has 5 heteroatoms. The SMILES string of the molecule is CCCCCN(CCC(=O)O)C(CCCC)C(=O)O. The Labute approximate surface area is 115 Å². The van der Waals surface area contributed by atoms with Crippen molar-refractivity contribution in [3.05, 3.63) is 0 Å². The molecule has 0 spiro atoms. The van der Waals surface area contributed by atoms with E-state index < -0.39 is 18.0 Å². The van der Waals surface area contributed by atoms with Crippen LogP contribution in [0.5, 0.6) is 0 Å². The molecule has 0 fully saturated rings. The van der Waals surface area contributed by atoms with Crippen molar-refractivity contribution in [2.75, 3.05) is 13.1 Å². The summed E-state index contributed by atoms with van der Waals surface area (Å²) in [5.74, 6) is -1.71. The monoisotopic (exact) mass is 273 g/mol. The van der Waals surface area contributed by atoms with Crippen molar-refractivity contribution >= 4 is 11.9 Å². The largest absolute Gasteiger partial charge is 0.481 e. The van der Waals surface area contributed by atoms with Gasteiger partial charge in [0.05, 0.1) is 6.42 Å². The van der Waals surface area contributed by atoms with Crippen LogP contribution in [0, 0.1) is 0 Å². The molecule has 2 N–H and O–H groups in total. The maximum Gasteiger partial charge on any atom is 0.320 e. The van der Waals surface area contributed by atoms with E-state index in [1.807, 2.05) is 11.8 Å². The fourth-order valence-electron chi connectivity index (χ4n) is 2.09. The second-order valence-corrected chi connectivity index (χ2v) is 4.88. The summed E-state index contributed by atoms with van der Waals surface area (Å²) in [7, 11) is 0. The van der Waals surface area contributed by atoms with Crippen LogP contribution in [0.1, 0.15) is 58.8 Å². The minimum Gasteiger partial charge on any atom is -0.481 e. The molecular formula is C14H27NO4. The lowest BCUT2D eigenvalue weighted by molar-refractivity contribution is -0.145. The van der Waals surface area contributed by atoms with Gasteiger partial charge in [0.1, 0.15) is 6.04 Å². The molecule has 0 radical (unpaired) electrons. The first-order chi connectivity index (χ1) is 9.02. The molecular weight excluding hydrogens is 246 g/mol. The smallest absolute Gasteiger partial charge is 0.320 e. The van der Waals surface area contributed by atoms with Crippen molar-refractivity contribution < 1.29 is 19.8 Å². The van der Waals surface area contributed by atoms with Crippen molar-refractivity contribution in [2.24, 2.45) is 0 Å². The van der Waals surface area contributed by atoms with E-state index in [0.29, 0.717) is 19.5 Å². The van der Waals surface area contributed by atoms with Crippen molar-refractivity contribution in [3.63, 3.8) is 0 Å². The van der Waals surface area contributed by atoms with E-state index in [1.54, 1.807) is 0 Å². The van der Waals surface area contributed by atoms with Gasteiger partial charge in [-0.3, -0.25) is 14.5 Å². The van der Waals surface area contributed by atoms with Crippen molar-refractivity contribution in [3.8, 4) is 0 Å². The predicted octanol–water partition coefficient (Wildman–Crippen LogP) is 2.60. The molecule has 1 atom stereocenters. The average Bonchev–Trinajstić information content (AvgIpc) is 2.35. The highest BCUT2D eigenvalue weighted by molar-refractivity contribution is 5.73. The van der Waals surface area contributed by atoms with E-state index in [9.17, 15) is 14.7 Å². The summed E-state index contributed by atoms with van der Waals surface area (Å²) in [6.07, 6.45) is 5.44. The van der Waals surface area contributed by atoms with E-state index in [4.69, 9.17) is 5.11 Å². The molecule has 0 saturated heterocycles. The normalized spacial score (nSPS) is 12.6. The molecule has 0 heterocycles. The summed E-state index contributed by atoms with van der Waals surface area (Å²) in [6.45, 7) is 5.10. The zero-order valence-corrected chi connectivity index (χ0v) is 12.1. The fraction of sp³-hybridized carbons (Fsp3) is 0.857.